The lowest BCUT2D eigenvalue weighted by atomic mass is 10.2. The van der Waals surface area contributed by atoms with E-state index in [0.717, 1.165) is 32.2 Å². The van der Waals surface area contributed by atoms with Crippen molar-refractivity contribution in [1.29, 1.82) is 0 Å². The normalized spacial score (nSPS) is 9.64. The second-order valence-electron chi connectivity index (χ2n) is 2.66. The van der Waals surface area contributed by atoms with Crippen LogP contribution in [0, 0.1) is 6.92 Å². The minimum absolute atomic E-state index is 0.177. The number of hydrogen-bond acceptors (Lipinski definition) is 1. The second-order valence-corrected chi connectivity index (χ2v) is 2.66. The van der Waals surface area contributed by atoms with Gasteiger partial charge in [-0.15, -0.1) is 0 Å². The van der Waals surface area contributed by atoms with Crippen LogP contribution < -0.4 is 5.32 Å². The predicted molar refractivity (Wildman–Crippen MR) is 47.1 cm³/mol. The summed E-state index contributed by atoms with van der Waals surface area (Å²) >= 11 is 0. The summed E-state index contributed by atoms with van der Waals surface area (Å²) in [6.07, 6.45) is 4.71. The molecule has 0 aliphatic carbocycles. The number of rotatable bonds is 6. The summed E-state index contributed by atoms with van der Waals surface area (Å²) in [6, 6.07) is 0. The topological polar surface area (TPSA) is 29.1 Å². The molecule has 1 amide bonds. The summed E-state index contributed by atoms with van der Waals surface area (Å²) in [5, 5.41) is 2.85. The summed E-state index contributed by atoms with van der Waals surface area (Å²) in [6.45, 7) is 6.55. The molecule has 0 atom stereocenters. The number of carbonyl (C=O) groups excluding carboxylic acids is 1. The third-order valence-corrected chi connectivity index (χ3v) is 1.48. The van der Waals surface area contributed by atoms with E-state index in [4.69, 9.17) is 0 Å². The van der Waals surface area contributed by atoms with Crippen LogP contribution in [0.4, 0.5) is 0 Å². The number of unbranched alkanes of at least 4 members (excludes halogenated alkanes) is 2. The molecule has 0 aliphatic rings. The second kappa shape index (κ2) is 7.58. The molecular weight excluding hydrogens is 138 g/mol. The first-order chi connectivity index (χ1) is 5.31. The van der Waals surface area contributed by atoms with Gasteiger partial charge in [0.2, 0.25) is 5.91 Å². The molecule has 0 saturated heterocycles. The van der Waals surface area contributed by atoms with Crippen LogP contribution in [0.25, 0.3) is 0 Å². The van der Waals surface area contributed by atoms with E-state index in [-0.39, 0.29) is 5.91 Å². The maximum atomic E-state index is 10.9. The van der Waals surface area contributed by atoms with Crippen LogP contribution in [0.1, 0.15) is 39.0 Å². The van der Waals surface area contributed by atoms with E-state index in [9.17, 15) is 4.79 Å². The quantitative estimate of drug-likeness (QED) is 0.585. The first-order valence-electron chi connectivity index (χ1n) is 4.37. The summed E-state index contributed by atoms with van der Waals surface area (Å²) in [4.78, 5) is 10.9. The van der Waals surface area contributed by atoms with Gasteiger partial charge in [-0.05, 0) is 12.8 Å². The lowest BCUT2D eigenvalue weighted by Crippen LogP contribution is -2.23. The molecule has 0 aromatic rings. The Kier molecular flexibility index (Phi) is 7.21. The smallest absolute Gasteiger partial charge is 0.219 e. The van der Waals surface area contributed by atoms with Crippen LogP contribution in [0.15, 0.2) is 0 Å². The van der Waals surface area contributed by atoms with E-state index < -0.39 is 0 Å². The summed E-state index contributed by atoms with van der Waals surface area (Å²) in [5.74, 6) is 0.177. The summed E-state index contributed by atoms with van der Waals surface area (Å²) in [5.41, 5.74) is 0. The van der Waals surface area contributed by atoms with Crippen LogP contribution in [0.3, 0.4) is 0 Å². The van der Waals surface area contributed by atoms with E-state index >= 15 is 0 Å². The van der Waals surface area contributed by atoms with Crippen LogP contribution in [-0.2, 0) is 4.79 Å². The third-order valence-electron chi connectivity index (χ3n) is 1.48. The van der Waals surface area contributed by atoms with Crippen molar-refractivity contribution in [3.05, 3.63) is 6.92 Å². The standard InChI is InChI=1S/C9H18NO/c1-3-5-6-8-10-9(11)7-4-2/h1,3-8H2,2H3,(H,10,11). The highest BCUT2D eigenvalue weighted by Crippen LogP contribution is 1.91. The SMILES string of the molecule is [CH2]CCCCNC(=O)CCC. The number of carbonyl (C=O) groups is 1. The fraction of sp³-hybridized carbons (Fsp3) is 0.778. The monoisotopic (exact) mass is 156 g/mol. The molecule has 1 radical (unpaired) electrons. The van der Waals surface area contributed by atoms with Crippen molar-refractivity contribution in [2.45, 2.75) is 39.0 Å². The largest absolute Gasteiger partial charge is 0.356 e. The van der Waals surface area contributed by atoms with E-state index in [2.05, 4.69) is 12.2 Å². The zero-order chi connectivity index (χ0) is 8.53. The molecule has 2 heteroatoms. The van der Waals surface area contributed by atoms with Crippen molar-refractivity contribution in [1.82, 2.24) is 5.32 Å². The lowest BCUT2D eigenvalue weighted by Gasteiger charge is -2.02. The Hall–Kier alpha value is -0.530. The highest BCUT2D eigenvalue weighted by Gasteiger charge is 1.95. The Morgan fingerprint density at radius 2 is 2.18 bits per heavy atom. The molecule has 0 aromatic heterocycles. The van der Waals surface area contributed by atoms with Crippen molar-refractivity contribution in [3.63, 3.8) is 0 Å². The van der Waals surface area contributed by atoms with Gasteiger partial charge in [-0.3, -0.25) is 4.79 Å². The minimum Gasteiger partial charge on any atom is -0.356 e. The Balaban J connectivity index is 3.04. The van der Waals surface area contributed by atoms with Crippen molar-refractivity contribution in [2.75, 3.05) is 6.54 Å². The first kappa shape index (κ1) is 10.5. The van der Waals surface area contributed by atoms with Crippen LogP contribution in [-0.4, -0.2) is 12.5 Å². The van der Waals surface area contributed by atoms with Crippen LogP contribution in [0.5, 0.6) is 0 Å². The number of hydrogen-bond donors (Lipinski definition) is 1. The van der Waals surface area contributed by atoms with Crippen molar-refractivity contribution < 1.29 is 4.79 Å². The summed E-state index contributed by atoms with van der Waals surface area (Å²) in [7, 11) is 0. The molecule has 2 nitrogen and oxygen atoms in total. The van der Waals surface area contributed by atoms with Crippen LogP contribution >= 0.6 is 0 Å². The maximum Gasteiger partial charge on any atom is 0.219 e. The third kappa shape index (κ3) is 7.37. The Bertz CT molecular complexity index is 102. The van der Waals surface area contributed by atoms with Gasteiger partial charge >= 0.3 is 0 Å². The summed E-state index contributed by atoms with van der Waals surface area (Å²) < 4.78 is 0. The zero-order valence-electron chi connectivity index (χ0n) is 7.36. The number of nitrogens with one attached hydrogen (secondary N) is 1. The van der Waals surface area contributed by atoms with Gasteiger partial charge in [0.05, 0.1) is 0 Å². The molecule has 0 heterocycles. The molecule has 1 N–H and O–H groups in total. The van der Waals surface area contributed by atoms with Crippen molar-refractivity contribution >= 4 is 5.91 Å². The fourth-order valence-electron chi connectivity index (χ4n) is 0.845. The maximum absolute atomic E-state index is 10.9. The van der Waals surface area contributed by atoms with E-state index in [1.807, 2.05) is 6.92 Å². The molecule has 0 rings (SSSR count). The van der Waals surface area contributed by atoms with Gasteiger partial charge in [-0.1, -0.05) is 26.7 Å². The van der Waals surface area contributed by atoms with Crippen molar-refractivity contribution in [3.8, 4) is 0 Å². The first-order valence-corrected chi connectivity index (χ1v) is 4.37. The van der Waals surface area contributed by atoms with Gasteiger partial charge in [0, 0.05) is 13.0 Å². The van der Waals surface area contributed by atoms with Crippen LogP contribution in [0.2, 0.25) is 0 Å². The predicted octanol–water partition coefficient (Wildman–Crippen LogP) is 1.91. The Labute approximate surface area is 69.4 Å². The van der Waals surface area contributed by atoms with Gasteiger partial charge < -0.3 is 5.32 Å². The van der Waals surface area contributed by atoms with E-state index in [1.54, 1.807) is 0 Å². The lowest BCUT2D eigenvalue weighted by molar-refractivity contribution is -0.121. The Morgan fingerprint density at radius 1 is 1.45 bits per heavy atom. The number of amides is 1. The zero-order valence-corrected chi connectivity index (χ0v) is 7.36. The molecule has 0 unspecified atom stereocenters. The molecule has 0 bridgehead atoms. The van der Waals surface area contributed by atoms with E-state index in [1.165, 1.54) is 0 Å². The van der Waals surface area contributed by atoms with Gasteiger partial charge in [0.15, 0.2) is 0 Å². The molecule has 0 saturated carbocycles. The van der Waals surface area contributed by atoms with E-state index in [0.29, 0.717) is 6.42 Å². The fourth-order valence-corrected chi connectivity index (χ4v) is 0.845. The average Bonchev–Trinajstić information content (AvgIpc) is 1.99. The molecule has 0 aromatic carbocycles. The molecule has 0 fully saturated rings. The molecule has 0 aliphatic heterocycles. The highest BCUT2D eigenvalue weighted by molar-refractivity contribution is 5.75. The molecule has 11 heavy (non-hydrogen) atoms. The van der Waals surface area contributed by atoms with Crippen molar-refractivity contribution in [2.24, 2.45) is 0 Å². The highest BCUT2D eigenvalue weighted by atomic mass is 16.1. The van der Waals surface area contributed by atoms with Gasteiger partial charge in [-0.25, -0.2) is 0 Å². The average molecular weight is 156 g/mol. The molecule has 0 spiro atoms. The minimum atomic E-state index is 0.177. The van der Waals surface area contributed by atoms with Gasteiger partial charge in [0.1, 0.15) is 0 Å². The van der Waals surface area contributed by atoms with Gasteiger partial charge in [0.25, 0.3) is 0 Å². The molecular formula is C9H18NO. The Morgan fingerprint density at radius 3 is 2.73 bits per heavy atom. The van der Waals surface area contributed by atoms with Gasteiger partial charge in [-0.2, -0.15) is 0 Å². The molecule has 65 valence electrons.